The minimum Gasteiger partial charge on any atom is -0.279 e. The molecular formula is C20H25F3N4O2S. The van der Waals surface area contributed by atoms with Crippen molar-refractivity contribution in [1.82, 2.24) is 4.31 Å². The Labute approximate surface area is 175 Å². The van der Waals surface area contributed by atoms with Gasteiger partial charge in [0.15, 0.2) is 0 Å². The van der Waals surface area contributed by atoms with Crippen molar-refractivity contribution in [2.45, 2.75) is 46.0 Å². The van der Waals surface area contributed by atoms with Crippen molar-refractivity contribution in [3.05, 3.63) is 59.7 Å². The van der Waals surface area contributed by atoms with E-state index < -0.39 is 21.9 Å². The highest BCUT2D eigenvalue weighted by Crippen LogP contribution is 2.28. The van der Waals surface area contributed by atoms with Gasteiger partial charge in [0.25, 0.3) is 0 Å². The van der Waals surface area contributed by atoms with Crippen LogP contribution in [0.5, 0.6) is 0 Å². The van der Waals surface area contributed by atoms with Gasteiger partial charge in [0, 0.05) is 17.8 Å². The van der Waals surface area contributed by atoms with Gasteiger partial charge in [-0.2, -0.15) is 31.0 Å². The van der Waals surface area contributed by atoms with Gasteiger partial charge in [-0.3, -0.25) is 10.1 Å². The van der Waals surface area contributed by atoms with Crippen LogP contribution in [0.3, 0.4) is 0 Å². The smallest absolute Gasteiger partial charge is 0.279 e. The second-order valence-corrected chi connectivity index (χ2v) is 8.77. The lowest BCUT2D eigenvalue weighted by atomic mass is 10.1. The number of rotatable bonds is 8. The number of hydrazone groups is 1. The molecule has 0 saturated carbocycles. The van der Waals surface area contributed by atoms with Crippen molar-refractivity contribution in [2.24, 2.45) is 5.10 Å². The molecule has 0 aromatic heterocycles. The first kappa shape index (κ1) is 23.7. The van der Waals surface area contributed by atoms with Crippen LogP contribution < -0.4 is 10.1 Å². The van der Waals surface area contributed by atoms with Crippen LogP contribution in [-0.2, 0) is 16.4 Å². The van der Waals surface area contributed by atoms with Gasteiger partial charge >= 0.3 is 16.4 Å². The molecule has 0 spiro atoms. The second-order valence-electron chi connectivity index (χ2n) is 7.19. The molecule has 0 aliphatic heterocycles. The minimum absolute atomic E-state index is 0.192. The number of hydrogen-bond donors (Lipinski definition) is 2. The van der Waals surface area contributed by atoms with Gasteiger partial charge in [0.2, 0.25) is 0 Å². The molecule has 0 fully saturated rings. The van der Waals surface area contributed by atoms with E-state index in [4.69, 9.17) is 0 Å². The molecule has 2 aromatic carbocycles. The molecule has 0 radical (unpaired) electrons. The number of anilines is 2. The summed E-state index contributed by atoms with van der Waals surface area (Å²) in [5.74, 6) is 0. The molecule has 0 heterocycles. The Morgan fingerprint density at radius 3 is 1.87 bits per heavy atom. The molecule has 0 unspecified atom stereocenters. The maximum absolute atomic E-state index is 12.6. The molecule has 2 rings (SSSR count). The van der Waals surface area contributed by atoms with Gasteiger partial charge < -0.3 is 0 Å². The third kappa shape index (κ3) is 6.46. The van der Waals surface area contributed by atoms with E-state index in [1.54, 1.807) is 52.0 Å². The summed E-state index contributed by atoms with van der Waals surface area (Å²) in [7, 11) is -3.70. The highest BCUT2D eigenvalue weighted by molar-refractivity contribution is 7.90. The van der Waals surface area contributed by atoms with Gasteiger partial charge in [-0.1, -0.05) is 12.1 Å². The number of halogens is 3. The van der Waals surface area contributed by atoms with E-state index in [-0.39, 0.29) is 12.1 Å². The highest BCUT2D eigenvalue weighted by Gasteiger charge is 2.30. The zero-order valence-corrected chi connectivity index (χ0v) is 17.9. The minimum atomic E-state index is -4.38. The Balaban J connectivity index is 2.00. The third-order valence-electron chi connectivity index (χ3n) is 4.07. The van der Waals surface area contributed by atoms with Gasteiger partial charge in [-0.05, 0) is 69.7 Å². The van der Waals surface area contributed by atoms with Crippen molar-refractivity contribution < 1.29 is 21.6 Å². The molecule has 2 aromatic rings. The van der Waals surface area contributed by atoms with Gasteiger partial charge in [0.05, 0.1) is 17.5 Å². The fourth-order valence-electron chi connectivity index (χ4n) is 2.91. The van der Waals surface area contributed by atoms with Crippen molar-refractivity contribution >= 4 is 27.8 Å². The summed E-state index contributed by atoms with van der Waals surface area (Å²) < 4.78 is 66.8. The molecule has 6 nitrogen and oxygen atoms in total. The van der Waals surface area contributed by atoms with Crippen molar-refractivity contribution in [3.63, 3.8) is 0 Å². The van der Waals surface area contributed by atoms with Crippen molar-refractivity contribution in [1.29, 1.82) is 0 Å². The fraction of sp³-hybridized carbons (Fsp3) is 0.350. The summed E-state index contributed by atoms with van der Waals surface area (Å²) in [6.45, 7) is 7.23. The van der Waals surface area contributed by atoms with Crippen LogP contribution in [0, 0.1) is 0 Å². The van der Waals surface area contributed by atoms with E-state index in [2.05, 4.69) is 15.2 Å². The van der Waals surface area contributed by atoms with E-state index in [1.807, 2.05) is 0 Å². The number of alkyl halides is 3. The van der Waals surface area contributed by atoms with E-state index in [9.17, 15) is 21.6 Å². The lowest BCUT2D eigenvalue weighted by Crippen LogP contribution is -2.45. The lowest BCUT2D eigenvalue weighted by molar-refractivity contribution is -0.137. The van der Waals surface area contributed by atoms with Crippen LogP contribution >= 0.6 is 0 Å². The van der Waals surface area contributed by atoms with E-state index in [0.717, 1.165) is 12.1 Å². The molecule has 0 saturated heterocycles. The summed E-state index contributed by atoms with van der Waals surface area (Å²) >= 11 is 0. The third-order valence-corrected chi connectivity index (χ3v) is 5.96. The SMILES string of the molecule is CC(C)N(C(C)C)S(=O)(=O)Nc1ccc(N/N=C/c2ccc(C(F)(F)F)cc2)cc1. The molecule has 164 valence electrons. The maximum atomic E-state index is 12.6. The predicted octanol–water partition coefficient (Wildman–Crippen LogP) is 4.93. The Morgan fingerprint density at radius 2 is 1.40 bits per heavy atom. The Morgan fingerprint density at radius 1 is 0.900 bits per heavy atom. The first-order valence-corrected chi connectivity index (χ1v) is 10.7. The maximum Gasteiger partial charge on any atom is 0.416 e. The van der Waals surface area contributed by atoms with Gasteiger partial charge in [-0.25, -0.2) is 0 Å². The zero-order chi connectivity index (χ0) is 22.5. The molecule has 0 bridgehead atoms. The van der Waals surface area contributed by atoms with Crippen molar-refractivity contribution in [2.75, 3.05) is 10.1 Å². The zero-order valence-electron chi connectivity index (χ0n) is 17.1. The van der Waals surface area contributed by atoms with Crippen LogP contribution in [0.4, 0.5) is 24.5 Å². The molecule has 10 heteroatoms. The van der Waals surface area contributed by atoms with Crippen LogP contribution in [0.25, 0.3) is 0 Å². The summed E-state index contributed by atoms with van der Waals surface area (Å²) in [6, 6.07) is 10.7. The van der Waals surface area contributed by atoms with Crippen LogP contribution in [-0.4, -0.2) is 31.0 Å². The monoisotopic (exact) mass is 442 g/mol. The van der Waals surface area contributed by atoms with Crippen LogP contribution in [0.1, 0.15) is 38.8 Å². The first-order chi connectivity index (χ1) is 13.9. The van der Waals surface area contributed by atoms with Crippen LogP contribution in [0.15, 0.2) is 53.6 Å². The quantitative estimate of drug-likeness (QED) is 0.450. The molecule has 0 aliphatic carbocycles. The topological polar surface area (TPSA) is 73.8 Å². The van der Waals surface area contributed by atoms with Gasteiger partial charge in [-0.15, -0.1) is 0 Å². The Hall–Kier alpha value is -2.59. The molecule has 0 amide bonds. The lowest BCUT2D eigenvalue weighted by Gasteiger charge is -2.29. The Kier molecular flexibility index (Phi) is 7.49. The first-order valence-electron chi connectivity index (χ1n) is 9.28. The molecular weight excluding hydrogens is 417 g/mol. The predicted molar refractivity (Wildman–Crippen MR) is 114 cm³/mol. The average molecular weight is 443 g/mol. The molecule has 30 heavy (non-hydrogen) atoms. The van der Waals surface area contributed by atoms with E-state index in [0.29, 0.717) is 16.9 Å². The number of nitrogens with one attached hydrogen (secondary N) is 2. The van der Waals surface area contributed by atoms with E-state index in [1.165, 1.54) is 22.7 Å². The fourth-order valence-corrected chi connectivity index (χ4v) is 4.55. The van der Waals surface area contributed by atoms with Gasteiger partial charge in [0.1, 0.15) is 0 Å². The summed E-state index contributed by atoms with van der Waals surface area (Å²) in [5, 5.41) is 3.98. The second kappa shape index (κ2) is 9.48. The van der Waals surface area contributed by atoms with Crippen molar-refractivity contribution in [3.8, 4) is 0 Å². The molecule has 0 aliphatic rings. The average Bonchev–Trinajstić information content (AvgIpc) is 2.61. The molecule has 2 N–H and O–H groups in total. The highest BCUT2D eigenvalue weighted by atomic mass is 32.2. The standard InChI is InChI=1S/C20H25F3N4O2S/c1-14(2)27(15(3)4)30(28,29)26-19-11-9-18(10-12-19)25-24-13-16-5-7-17(8-6-16)20(21,22)23/h5-15,25-26H,1-4H3/b24-13+. The summed E-state index contributed by atoms with van der Waals surface area (Å²) in [5.41, 5.74) is 3.52. The molecule has 0 atom stereocenters. The number of hydrogen-bond acceptors (Lipinski definition) is 4. The number of benzene rings is 2. The normalized spacial score (nSPS) is 12.9. The number of nitrogens with zero attached hydrogens (tertiary/aromatic N) is 2. The summed E-state index contributed by atoms with van der Waals surface area (Å²) in [6.07, 6.45) is -2.99. The Bertz CT molecular complexity index is 947. The summed E-state index contributed by atoms with van der Waals surface area (Å²) in [4.78, 5) is 0. The largest absolute Gasteiger partial charge is 0.416 e. The van der Waals surface area contributed by atoms with Crippen LogP contribution in [0.2, 0.25) is 0 Å². The van der Waals surface area contributed by atoms with E-state index >= 15 is 0 Å².